The molecule has 1 atom stereocenters. The van der Waals surface area contributed by atoms with Crippen LogP contribution in [0, 0.1) is 0 Å². The molecule has 0 saturated carbocycles. The Labute approximate surface area is 348 Å². The average Bonchev–Trinajstić information content (AvgIpc) is 3.19. The number of benzene rings is 2. The molecule has 1 aliphatic rings. The van der Waals surface area contributed by atoms with Crippen LogP contribution in [0.25, 0.3) is 0 Å². The van der Waals surface area contributed by atoms with Gasteiger partial charge in [0.15, 0.2) is 35.7 Å². The van der Waals surface area contributed by atoms with Gasteiger partial charge in [-0.15, -0.1) is 0 Å². The number of nitrogens with zero attached hydrogens (tertiary/aromatic N) is 5. The van der Waals surface area contributed by atoms with Gasteiger partial charge in [-0.05, 0) is 115 Å². The summed E-state index contributed by atoms with van der Waals surface area (Å²) in [7, 11) is 8.04. The number of nitrogens with one attached hydrogen (secondary N) is 3. The van der Waals surface area contributed by atoms with Crippen LogP contribution in [0.3, 0.4) is 0 Å². The number of anilines is 2. The maximum atomic E-state index is 13.3. The number of carbonyl (C=O) groups excluding carboxylic acids is 3. The summed E-state index contributed by atoms with van der Waals surface area (Å²) in [4.78, 5) is 50.0. The Morgan fingerprint density at radius 2 is 1.26 bits per heavy atom. The number of hydrogen-bond donors (Lipinski definition) is 5. The van der Waals surface area contributed by atoms with Crippen LogP contribution in [-0.4, -0.2) is 142 Å². The Kier molecular flexibility index (Phi) is 18.7. The molecule has 1 aliphatic heterocycles. The minimum absolute atomic E-state index is 0.0160. The highest BCUT2D eigenvalue weighted by molar-refractivity contribution is 6.31. The van der Waals surface area contributed by atoms with E-state index in [1.807, 2.05) is 52.5 Å². The molecule has 1 aromatic heterocycles. The van der Waals surface area contributed by atoms with E-state index >= 15 is 0 Å². The van der Waals surface area contributed by atoms with Gasteiger partial charge >= 0.3 is 0 Å². The molecule has 2 heterocycles. The fourth-order valence-corrected chi connectivity index (χ4v) is 7.34. The topological polar surface area (TPSA) is 190 Å². The van der Waals surface area contributed by atoms with Crippen molar-refractivity contribution < 1.29 is 28.3 Å². The van der Waals surface area contributed by atoms with E-state index in [1.165, 1.54) is 11.1 Å². The monoisotopic (exact) mass is 823 g/mol. The lowest BCUT2D eigenvalue weighted by atomic mass is 9.99. The van der Waals surface area contributed by atoms with Crippen molar-refractivity contribution in [3.8, 4) is 11.5 Å². The van der Waals surface area contributed by atoms with Crippen molar-refractivity contribution in [1.29, 1.82) is 0 Å². The molecule has 2 aromatic carbocycles. The lowest BCUT2D eigenvalue weighted by Crippen LogP contribution is -2.60. The van der Waals surface area contributed by atoms with Gasteiger partial charge in [0.05, 0.1) is 32.2 Å². The average molecular weight is 824 g/mol. The first-order valence-corrected chi connectivity index (χ1v) is 20.7. The fourth-order valence-electron chi connectivity index (χ4n) is 7.21. The molecule has 0 radical (unpaired) electrons. The van der Waals surface area contributed by atoms with Crippen molar-refractivity contribution in [2.75, 3.05) is 105 Å². The summed E-state index contributed by atoms with van der Waals surface area (Å²) >= 11 is 6.08. The number of carbonyl (C=O) groups is 3. The summed E-state index contributed by atoms with van der Waals surface area (Å²) in [6.07, 6.45) is 7.25. The first kappa shape index (κ1) is 46.0. The van der Waals surface area contributed by atoms with Gasteiger partial charge in [0.1, 0.15) is 11.5 Å². The number of quaternary nitrogens is 1. The van der Waals surface area contributed by atoms with E-state index in [4.69, 9.17) is 32.5 Å². The molecule has 1 fully saturated rings. The third kappa shape index (κ3) is 16.3. The molecular weight excluding hydrogens is 760 g/mol. The van der Waals surface area contributed by atoms with E-state index in [0.717, 1.165) is 95.1 Å². The number of amides is 3. The number of aryl methyl sites for hydroxylation is 2. The molecule has 1 unspecified atom stereocenters. The molecule has 0 bridgehead atoms. The maximum Gasteiger partial charge on any atom is 0.274 e. The number of hydrogen-bond acceptors (Lipinski definition) is 11. The largest absolute Gasteiger partial charge is 0.484 e. The molecule has 318 valence electrons. The highest BCUT2D eigenvalue weighted by atomic mass is 35.5. The second kappa shape index (κ2) is 23.6. The predicted octanol–water partition coefficient (Wildman–Crippen LogP) is 3.16. The summed E-state index contributed by atoms with van der Waals surface area (Å²) < 4.78 is 12.3. The van der Waals surface area contributed by atoms with E-state index < -0.39 is 5.91 Å². The zero-order chi connectivity index (χ0) is 41.9. The van der Waals surface area contributed by atoms with Crippen LogP contribution in [0.1, 0.15) is 60.1 Å². The molecule has 58 heavy (non-hydrogen) atoms. The molecule has 1 saturated heterocycles. The Bertz CT molecular complexity index is 1660. The summed E-state index contributed by atoms with van der Waals surface area (Å²) in [5.41, 5.74) is 14.1. The van der Waals surface area contributed by atoms with Gasteiger partial charge in [-0.1, -0.05) is 35.9 Å². The standard InChI is InChI=1S/C42H63ClN10O5/c1-51(2)23-8-21-46-36(54)29-57-34-17-13-31(14-18-34)10-5-25-53(27-7-12-33(28-53)48-42(56)38-40(44)50-41(45)39(43)49-38)26-6-11-32-15-19-35(20-16-32)58-30-37(55)47-22-9-24-52(3)4/h13-20,33H,5-12,21-30H2,1-4H3,(H6-,44,45,46,47,48,50,54,55,56)/p+1. The Balaban J connectivity index is 1.32. The number of likely N-dealkylation sites (tertiary alicyclic amines) is 1. The van der Waals surface area contributed by atoms with Crippen molar-refractivity contribution in [2.24, 2.45) is 0 Å². The minimum atomic E-state index is -0.412. The second-order valence-corrected chi connectivity index (χ2v) is 16.1. The van der Waals surface area contributed by atoms with Gasteiger partial charge in [-0.2, -0.15) is 0 Å². The first-order chi connectivity index (χ1) is 27.8. The van der Waals surface area contributed by atoms with Gasteiger partial charge in [0.25, 0.3) is 17.7 Å². The summed E-state index contributed by atoms with van der Waals surface area (Å²) in [5, 5.41) is 8.90. The molecule has 0 spiro atoms. The fraction of sp³-hybridized carbons (Fsp3) is 0.548. The molecule has 7 N–H and O–H groups in total. The Morgan fingerprint density at radius 3 is 1.74 bits per heavy atom. The quantitative estimate of drug-likeness (QED) is 0.0660. The van der Waals surface area contributed by atoms with Gasteiger partial charge < -0.3 is 51.2 Å². The molecule has 0 aliphatic carbocycles. The highest BCUT2D eigenvalue weighted by Crippen LogP contribution is 2.25. The normalized spacial score (nSPS) is 14.9. The van der Waals surface area contributed by atoms with E-state index in [-0.39, 0.29) is 53.6 Å². The highest BCUT2D eigenvalue weighted by Gasteiger charge is 2.35. The van der Waals surface area contributed by atoms with Crippen LogP contribution in [0.5, 0.6) is 11.5 Å². The number of ether oxygens (including phenoxy) is 2. The van der Waals surface area contributed by atoms with Gasteiger partial charge in [0.2, 0.25) is 0 Å². The molecule has 3 amide bonds. The third-order valence-corrected chi connectivity index (χ3v) is 10.5. The minimum Gasteiger partial charge on any atom is -0.484 e. The molecule has 4 rings (SSSR count). The molecule has 3 aromatic rings. The van der Waals surface area contributed by atoms with Crippen molar-refractivity contribution >= 4 is 41.0 Å². The second-order valence-electron chi connectivity index (χ2n) is 15.7. The smallest absolute Gasteiger partial charge is 0.274 e. The van der Waals surface area contributed by atoms with Crippen LogP contribution in [-0.2, 0) is 22.4 Å². The van der Waals surface area contributed by atoms with Crippen LogP contribution in [0.4, 0.5) is 11.6 Å². The number of nitrogen functional groups attached to an aromatic ring is 2. The zero-order valence-electron chi connectivity index (χ0n) is 34.7. The van der Waals surface area contributed by atoms with Crippen LogP contribution in [0.2, 0.25) is 5.15 Å². The lowest BCUT2D eigenvalue weighted by Gasteiger charge is -2.45. The van der Waals surface area contributed by atoms with Crippen molar-refractivity contribution in [3.05, 3.63) is 70.5 Å². The van der Waals surface area contributed by atoms with Crippen molar-refractivity contribution in [3.63, 3.8) is 0 Å². The molecule has 15 nitrogen and oxygen atoms in total. The van der Waals surface area contributed by atoms with E-state index in [2.05, 4.69) is 60.0 Å². The predicted molar refractivity (Wildman–Crippen MR) is 229 cm³/mol. The van der Waals surface area contributed by atoms with Gasteiger partial charge in [-0.25, -0.2) is 9.97 Å². The van der Waals surface area contributed by atoms with Gasteiger partial charge in [-0.3, -0.25) is 14.4 Å². The Morgan fingerprint density at radius 1 is 0.759 bits per heavy atom. The summed E-state index contributed by atoms with van der Waals surface area (Å²) in [6.45, 7) is 6.71. The van der Waals surface area contributed by atoms with Crippen molar-refractivity contribution in [2.45, 2.75) is 57.4 Å². The SMILES string of the molecule is CN(C)CCCNC(=O)COc1ccc(CCC[N+]2(CCCc3ccc(OCC(=O)NCCCN(C)C)cc3)CCCC(NC(=O)c3nc(Cl)c(N)nc3N)C2)cc1. The van der Waals surface area contributed by atoms with E-state index in [1.54, 1.807) is 0 Å². The van der Waals surface area contributed by atoms with Crippen LogP contribution < -0.4 is 36.9 Å². The number of nitrogens with two attached hydrogens (primary N) is 2. The first-order valence-electron chi connectivity index (χ1n) is 20.3. The zero-order valence-corrected chi connectivity index (χ0v) is 35.5. The van der Waals surface area contributed by atoms with Crippen LogP contribution in [0.15, 0.2) is 48.5 Å². The molecule has 16 heteroatoms. The number of piperidine rings is 1. The summed E-state index contributed by atoms with van der Waals surface area (Å²) in [5.74, 6) is 0.581. The van der Waals surface area contributed by atoms with E-state index in [0.29, 0.717) is 24.6 Å². The van der Waals surface area contributed by atoms with Crippen molar-refractivity contribution in [1.82, 2.24) is 35.7 Å². The third-order valence-electron chi connectivity index (χ3n) is 10.2. The number of rotatable bonds is 24. The maximum absolute atomic E-state index is 13.3. The van der Waals surface area contributed by atoms with Crippen LogP contribution >= 0.6 is 11.6 Å². The van der Waals surface area contributed by atoms with Gasteiger partial charge in [0, 0.05) is 25.9 Å². The molecular formula is C42H64ClN10O5+. The summed E-state index contributed by atoms with van der Waals surface area (Å²) in [6, 6.07) is 15.8. The number of aromatic nitrogens is 2. The van der Waals surface area contributed by atoms with E-state index in [9.17, 15) is 14.4 Å². The Hall–Kier alpha value is -4.70. The lowest BCUT2D eigenvalue weighted by molar-refractivity contribution is -0.933. The number of halogens is 1.